The molecule has 0 aliphatic heterocycles. The summed E-state index contributed by atoms with van der Waals surface area (Å²) in [6, 6.07) is 7.22. The number of carboxylic acids is 1. The number of aliphatic carboxylic acids is 1. The lowest BCUT2D eigenvalue weighted by Gasteiger charge is -2.19. The van der Waals surface area contributed by atoms with E-state index in [2.05, 4.69) is 31.4 Å². The van der Waals surface area contributed by atoms with Gasteiger partial charge in [-0.05, 0) is 35.3 Å². The number of nitrogens with one attached hydrogen (secondary N) is 2. The minimum Gasteiger partial charge on any atom is -0.480 e. The third-order valence-corrected chi connectivity index (χ3v) is 2.89. The summed E-state index contributed by atoms with van der Waals surface area (Å²) in [6.07, 6.45) is 0. The summed E-state index contributed by atoms with van der Waals surface area (Å²) in [4.78, 5) is 22.2. The number of carbonyl (C=O) groups excluding carboxylic acids is 1. The zero-order chi connectivity index (χ0) is 15.3. The second-order valence-electron chi connectivity index (χ2n) is 5.36. The first kappa shape index (κ1) is 16.1. The molecule has 0 radical (unpaired) electrons. The van der Waals surface area contributed by atoms with Gasteiger partial charge >= 0.3 is 5.97 Å². The molecular weight excluding hydrogens is 276 g/mol. The van der Waals surface area contributed by atoms with Crippen molar-refractivity contribution < 1.29 is 14.7 Å². The Hall–Kier alpha value is -1.95. The molecule has 0 spiro atoms. The van der Waals surface area contributed by atoms with Crippen LogP contribution in [0.4, 0.5) is 0 Å². The number of amides is 1. The van der Waals surface area contributed by atoms with Crippen LogP contribution < -0.4 is 10.6 Å². The van der Waals surface area contributed by atoms with E-state index >= 15 is 0 Å². The molecule has 5 nitrogen and oxygen atoms in total. The highest BCUT2D eigenvalue weighted by Gasteiger charge is 2.14. The summed E-state index contributed by atoms with van der Waals surface area (Å²) >= 11 is 4.83. The van der Waals surface area contributed by atoms with Crippen LogP contribution in [0.2, 0.25) is 0 Å². The molecule has 0 unspecified atom stereocenters. The van der Waals surface area contributed by atoms with Crippen molar-refractivity contribution in [3.63, 3.8) is 0 Å². The Bertz CT molecular complexity index is 518. The van der Waals surface area contributed by atoms with E-state index < -0.39 is 5.97 Å². The fourth-order valence-corrected chi connectivity index (χ4v) is 1.66. The maximum atomic E-state index is 11.9. The average Bonchev–Trinajstić information content (AvgIpc) is 2.35. The highest BCUT2D eigenvalue weighted by atomic mass is 32.1. The average molecular weight is 294 g/mol. The quantitative estimate of drug-likeness (QED) is 0.739. The van der Waals surface area contributed by atoms with Gasteiger partial charge in [-0.25, -0.2) is 0 Å². The van der Waals surface area contributed by atoms with Crippen LogP contribution in [0, 0.1) is 0 Å². The Kier molecular flexibility index (Phi) is 5.21. The molecule has 3 N–H and O–H groups in total. The summed E-state index contributed by atoms with van der Waals surface area (Å²) < 4.78 is 0. The lowest BCUT2D eigenvalue weighted by Crippen LogP contribution is -2.41. The Labute approximate surface area is 123 Å². The summed E-state index contributed by atoms with van der Waals surface area (Å²) in [5, 5.41) is 13.3. The van der Waals surface area contributed by atoms with Gasteiger partial charge in [-0.2, -0.15) is 0 Å². The predicted molar refractivity (Wildman–Crippen MR) is 80.8 cm³/mol. The minimum atomic E-state index is -1.05. The standard InChI is InChI=1S/C14H18N2O3S/c1-14(2,3)10-6-4-9(5-7-10)12(19)16-13(20)15-8-11(17)18/h4-7H,8H2,1-3H3,(H,17,18)(H2,15,16,19,20). The van der Waals surface area contributed by atoms with E-state index in [4.69, 9.17) is 17.3 Å². The molecule has 1 amide bonds. The van der Waals surface area contributed by atoms with Gasteiger partial charge in [0.15, 0.2) is 5.11 Å². The van der Waals surface area contributed by atoms with Crippen LogP contribution in [0.3, 0.4) is 0 Å². The molecule has 108 valence electrons. The van der Waals surface area contributed by atoms with Gasteiger partial charge in [0.05, 0.1) is 0 Å². The van der Waals surface area contributed by atoms with Crippen molar-refractivity contribution in [1.82, 2.24) is 10.6 Å². The van der Waals surface area contributed by atoms with Gasteiger partial charge in [0.1, 0.15) is 6.54 Å². The molecule has 1 aromatic rings. The van der Waals surface area contributed by atoms with Gasteiger partial charge in [0.25, 0.3) is 5.91 Å². The fourth-order valence-electron chi connectivity index (χ4n) is 1.50. The van der Waals surface area contributed by atoms with Gasteiger partial charge in [-0.15, -0.1) is 0 Å². The van der Waals surface area contributed by atoms with E-state index in [0.717, 1.165) is 5.56 Å². The summed E-state index contributed by atoms with van der Waals surface area (Å²) in [7, 11) is 0. The van der Waals surface area contributed by atoms with E-state index in [1.54, 1.807) is 12.1 Å². The third-order valence-electron chi connectivity index (χ3n) is 2.64. The van der Waals surface area contributed by atoms with Crippen molar-refractivity contribution in [2.75, 3.05) is 6.54 Å². The van der Waals surface area contributed by atoms with Crippen LogP contribution in [0.25, 0.3) is 0 Å². The van der Waals surface area contributed by atoms with Crippen molar-refractivity contribution in [1.29, 1.82) is 0 Å². The van der Waals surface area contributed by atoms with Crippen LogP contribution in [0.1, 0.15) is 36.7 Å². The van der Waals surface area contributed by atoms with Crippen molar-refractivity contribution in [3.8, 4) is 0 Å². The van der Waals surface area contributed by atoms with Gasteiger partial charge in [0.2, 0.25) is 0 Å². The molecule has 0 aliphatic rings. The second-order valence-corrected chi connectivity index (χ2v) is 5.77. The first-order chi connectivity index (χ1) is 9.20. The van der Waals surface area contributed by atoms with E-state index in [1.807, 2.05) is 12.1 Å². The number of carbonyl (C=O) groups is 2. The lowest BCUT2D eigenvalue weighted by molar-refractivity contribution is -0.135. The summed E-state index contributed by atoms with van der Waals surface area (Å²) in [6.45, 7) is 5.94. The highest BCUT2D eigenvalue weighted by Crippen LogP contribution is 2.22. The van der Waals surface area contributed by atoms with Gasteiger partial charge in [-0.3, -0.25) is 14.9 Å². The molecule has 0 heterocycles. The Morgan fingerprint density at radius 2 is 1.75 bits per heavy atom. The molecule has 0 saturated carbocycles. The maximum absolute atomic E-state index is 11.9. The van der Waals surface area contributed by atoms with Crippen LogP contribution in [-0.4, -0.2) is 28.6 Å². The molecule has 0 saturated heterocycles. The van der Waals surface area contributed by atoms with Crippen molar-refractivity contribution in [2.45, 2.75) is 26.2 Å². The molecule has 6 heteroatoms. The van der Waals surface area contributed by atoms with E-state index in [9.17, 15) is 9.59 Å². The lowest BCUT2D eigenvalue weighted by atomic mass is 9.87. The van der Waals surface area contributed by atoms with Crippen LogP contribution in [-0.2, 0) is 10.2 Å². The third kappa shape index (κ3) is 4.97. The SMILES string of the molecule is CC(C)(C)c1ccc(C(=O)NC(=S)NCC(=O)O)cc1. The normalized spacial score (nSPS) is 10.8. The molecule has 0 aromatic heterocycles. The number of rotatable bonds is 3. The molecule has 0 atom stereocenters. The minimum absolute atomic E-state index is 0.00250. The van der Waals surface area contributed by atoms with E-state index in [1.165, 1.54) is 0 Å². The first-order valence-electron chi connectivity index (χ1n) is 6.11. The van der Waals surface area contributed by atoms with E-state index in [-0.39, 0.29) is 23.0 Å². The number of carboxylic acid groups (broad SMARTS) is 1. The number of benzene rings is 1. The number of thiocarbonyl (C=S) groups is 1. The van der Waals surface area contributed by atoms with E-state index in [0.29, 0.717) is 5.56 Å². The number of hydrogen-bond acceptors (Lipinski definition) is 3. The van der Waals surface area contributed by atoms with Gasteiger partial charge in [0, 0.05) is 5.56 Å². The van der Waals surface area contributed by atoms with Crippen molar-refractivity contribution in [3.05, 3.63) is 35.4 Å². The maximum Gasteiger partial charge on any atom is 0.322 e. The summed E-state index contributed by atoms with van der Waals surface area (Å²) in [5.41, 5.74) is 1.62. The molecule has 1 aromatic carbocycles. The molecule has 1 rings (SSSR count). The molecular formula is C14H18N2O3S. The molecule has 0 aliphatic carbocycles. The van der Waals surface area contributed by atoms with Crippen molar-refractivity contribution >= 4 is 29.2 Å². The largest absolute Gasteiger partial charge is 0.480 e. The van der Waals surface area contributed by atoms with Gasteiger partial charge in [-0.1, -0.05) is 32.9 Å². The predicted octanol–water partition coefficient (Wildman–Crippen LogP) is 1.67. The second kappa shape index (κ2) is 6.47. The molecule has 0 bridgehead atoms. The monoisotopic (exact) mass is 294 g/mol. The zero-order valence-corrected chi connectivity index (χ0v) is 12.5. The Morgan fingerprint density at radius 3 is 2.20 bits per heavy atom. The van der Waals surface area contributed by atoms with Crippen LogP contribution >= 0.6 is 12.2 Å². The van der Waals surface area contributed by atoms with Gasteiger partial charge < -0.3 is 10.4 Å². The first-order valence-corrected chi connectivity index (χ1v) is 6.52. The topological polar surface area (TPSA) is 78.4 Å². The Balaban J connectivity index is 2.64. The van der Waals surface area contributed by atoms with Crippen molar-refractivity contribution in [2.24, 2.45) is 0 Å². The molecule has 0 fully saturated rings. The summed E-state index contributed by atoms with van der Waals surface area (Å²) in [5.74, 6) is -1.41. The molecule has 20 heavy (non-hydrogen) atoms. The van der Waals surface area contributed by atoms with Crippen LogP contribution in [0.5, 0.6) is 0 Å². The fraction of sp³-hybridized carbons (Fsp3) is 0.357. The smallest absolute Gasteiger partial charge is 0.322 e. The Morgan fingerprint density at radius 1 is 1.20 bits per heavy atom. The zero-order valence-electron chi connectivity index (χ0n) is 11.7. The van der Waals surface area contributed by atoms with Crippen LogP contribution in [0.15, 0.2) is 24.3 Å². The number of hydrogen-bond donors (Lipinski definition) is 3. The highest BCUT2D eigenvalue weighted by molar-refractivity contribution is 7.80.